The lowest BCUT2D eigenvalue weighted by Crippen LogP contribution is -2.54. The number of ketones is 1. The number of thiazole rings is 1. The Morgan fingerprint density at radius 3 is 2.84 bits per heavy atom. The first-order valence-corrected chi connectivity index (χ1v) is 8.70. The van der Waals surface area contributed by atoms with Crippen molar-refractivity contribution in [1.29, 1.82) is 0 Å². The third kappa shape index (κ3) is 4.42. The Labute approximate surface area is 148 Å². The Hall–Kier alpha value is -2.74. The molecule has 1 saturated heterocycles. The standard InChI is InChI=1S/C17H17N3O4S/c21-14-6-8-20(17(23)24-11-12-4-2-1-3-5-12)10-13(14)19-15(22)16-18-7-9-25-16/h1-5,7,9,13H,6,8,10-11H2,(H,19,22). The predicted octanol–water partition coefficient (Wildman–Crippen LogP) is 1.85. The zero-order valence-corrected chi connectivity index (χ0v) is 14.2. The van der Waals surface area contributed by atoms with Crippen LogP contribution in [0.3, 0.4) is 0 Å². The number of amides is 2. The second-order valence-corrected chi connectivity index (χ2v) is 6.46. The van der Waals surface area contributed by atoms with Gasteiger partial charge in [0.25, 0.3) is 5.91 Å². The number of carbonyl (C=O) groups is 3. The number of benzene rings is 1. The highest BCUT2D eigenvalue weighted by atomic mass is 32.1. The SMILES string of the molecule is O=C(NC1CN(C(=O)OCc2ccccc2)CCC1=O)c1nccs1. The lowest BCUT2D eigenvalue weighted by atomic mass is 10.0. The van der Waals surface area contributed by atoms with Gasteiger partial charge in [0, 0.05) is 24.5 Å². The molecule has 1 aliphatic rings. The van der Waals surface area contributed by atoms with Crippen molar-refractivity contribution in [3.05, 3.63) is 52.5 Å². The van der Waals surface area contributed by atoms with Crippen LogP contribution in [0.25, 0.3) is 0 Å². The fraction of sp³-hybridized carbons (Fsp3) is 0.294. The van der Waals surface area contributed by atoms with Gasteiger partial charge in [0.05, 0.1) is 6.54 Å². The van der Waals surface area contributed by atoms with Gasteiger partial charge in [-0.3, -0.25) is 9.59 Å². The molecule has 3 rings (SSSR count). The van der Waals surface area contributed by atoms with Crippen LogP contribution in [-0.2, 0) is 16.1 Å². The maximum absolute atomic E-state index is 12.2. The maximum Gasteiger partial charge on any atom is 0.410 e. The second-order valence-electron chi connectivity index (χ2n) is 5.57. The van der Waals surface area contributed by atoms with Crippen molar-refractivity contribution >= 4 is 29.1 Å². The van der Waals surface area contributed by atoms with Crippen LogP contribution in [-0.4, -0.2) is 46.8 Å². The van der Waals surface area contributed by atoms with Gasteiger partial charge in [-0.1, -0.05) is 30.3 Å². The molecule has 0 radical (unpaired) electrons. The minimum absolute atomic E-state index is 0.1000. The van der Waals surface area contributed by atoms with Crippen molar-refractivity contribution in [2.75, 3.05) is 13.1 Å². The molecule has 8 heteroatoms. The van der Waals surface area contributed by atoms with Crippen molar-refractivity contribution in [3.8, 4) is 0 Å². The van der Waals surface area contributed by atoms with Gasteiger partial charge in [0.1, 0.15) is 12.6 Å². The number of Topliss-reactive ketones (excluding diaryl/α,β-unsaturated/α-hetero) is 1. The molecule has 1 aromatic carbocycles. The molecule has 0 aliphatic carbocycles. The van der Waals surface area contributed by atoms with E-state index in [1.807, 2.05) is 30.3 Å². The summed E-state index contributed by atoms with van der Waals surface area (Å²) >= 11 is 1.19. The number of rotatable bonds is 4. The third-order valence-corrected chi connectivity index (χ3v) is 4.59. The zero-order chi connectivity index (χ0) is 17.6. The summed E-state index contributed by atoms with van der Waals surface area (Å²) in [5.41, 5.74) is 0.887. The van der Waals surface area contributed by atoms with E-state index in [4.69, 9.17) is 4.74 Å². The molecule has 1 atom stereocenters. The van der Waals surface area contributed by atoms with Crippen molar-refractivity contribution < 1.29 is 19.1 Å². The minimum atomic E-state index is -0.741. The molecule has 2 heterocycles. The normalized spacial score (nSPS) is 17.2. The van der Waals surface area contributed by atoms with E-state index in [1.165, 1.54) is 22.4 Å². The molecule has 1 N–H and O–H groups in total. The lowest BCUT2D eigenvalue weighted by molar-refractivity contribution is -0.123. The molecular weight excluding hydrogens is 342 g/mol. The second kappa shape index (κ2) is 7.89. The zero-order valence-electron chi connectivity index (χ0n) is 13.4. The smallest absolute Gasteiger partial charge is 0.410 e. The summed E-state index contributed by atoms with van der Waals surface area (Å²) in [7, 11) is 0. The van der Waals surface area contributed by atoms with Gasteiger partial charge in [0.2, 0.25) is 0 Å². The van der Waals surface area contributed by atoms with Gasteiger partial charge in [-0.2, -0.15) is 0 Å². The highest BCUT2D eigenvalue weighted by Crippen LogP contribution is 2.12. The van der Waals surface area contributed by atoms with Crippen LogP contribution < -0.4 is 5.32 Å². The molecule has 0 bridgehead atoms. The van der Waals surface area contributed by atoms with Gasteiger partial charge < -0.3 is 15.0 Å². The average Bonchev–Trinajstić information content (AvgIpc) is 3.17. The molecular formula is C17H17N3O4S. The average molecular weight is 359 g/mol. The van der Waals surface area contributed by atoms with Crippen LogP contribution in [0.1, 0.15) is 21.8 Å². The van der Waals surface area contributed by atoms with E-state index in [0.717, 1.165) is 5.56 Å². The van der Waals surface area contributed by atoms with E-state index in [0.29, 0.717) is 0 Å². The highest BCUT2D eigenvalue weighted by molar-refractivity contribution is 7.11. The molecule has 1 fully saturated rings. The van der Waals surface area contributed by atoms with Gasteiger partial charge in [0.15, 0.2) is 10.8 Å². The van der Waals surface area contributed by atoms with E-state index < -0.39 is 18.0 Å². The molecule has 2 aromatic rings. The molecule has 0 saturated carbocycles. The quantitative estimate of drug-likeness (QED) is 0.900. The number of carbonyl (C=O) groups excluding carboxylic acids is 3. The molecule has 2 amide bonds. The summed E-state index contributed by atoms with van der Waals surface area (Å²) in [5, 5.41) is 4.61. The van der Waals surface area contributed by atoms with Crippen molar-refractivity contribution in [2.24, 2.45) is 0 Å². The van der Waals surface area contributed by atoms with E-state index in [2.05, 4.69) is 10.3 Å². The van der Waals surface area contributed by atoms with Gasteiger partial charge in [-0.25, -0.2) is 9.78 Å². The predicted molar refractivity (Wildman–Crippen MR) is 91.2 cm³/mol. The Bertz CT molecular complexity index is 749. The summed E-state index contributed by atoms with van der Waals surface area (Å²) in [6, 6.07) is 8.61. The fourth-order valence-electron chi connectivity index (χ4n) is 2.49. The largest absolute Gasteiger partial charge is 0.445 e. The third-order valence-electron chi connectivity index (χ3n) is 3.81. The van der Waals surface area contributed by atoms with Crippen LogP contribution in [0.15, 0.2) is 41.9 Å². The molecule has 1 aliphatic heterocycles. The van der Waals surface area contributed by atoms with Gasteiger partial charge >= 0.3 is 6.09 Å². The number of hydrogen-bond donors (Lipinski definition) is 1. The van der Waals surface area contributed by atoms with Gasteiger partial charge in [-0.05, 0) is 5.56 Å². The Morgan fingerprint density at radius 1 is 1.32 bits per heavy atom. The Morgan fingerprint density at radius 2 is 2.12 bits per heavy atom. The number of piperidine rings is 1. The van der Waals surface area contributed by atoms with Crippen LogP contribution in [0.5, 0.6) is 0 Å². The van der Waals surface area contributed by atoms with Gasteiger partial charge in [-0.15, -0.1) is 11.3 Å². The van der Waals surface area contributed by atoms with E-state index in [-0.39, 0.29) is 36.9 Å². The Balaban J connectivity index is 1.55. The lowest BCUT2D eigenvalue weighted by Gasteiger charge is -2.31. The Kier molecular flexibility index (Phi) is 5.39. The van der Waals surface area contributed by atoms with Crippen LogP contribution in [0.4, 0.5) is 4.79 Å². The monoisotopic (exact) mass is 359 g/mol. The first-order chi connectivity index (χ1) is 12.1. The molecule has 1 aromatic heterocycles. The van der Waals surface area contributed by atoms with Crippen molar-refractivity contribution in [3.63, 3.8) is 0 Å². The molecule has 0 spiro atoms. The highest BCUT2D eigenvalue weighted by Gasteiger charge is 2.32. The number of hydrogen-bond acceptors (Lipinski definition) is 6. The van der Waals surface area contributed by atoms with E-state index >= 15 is 0 Å². The minimum Gasteiger partial charge on any atom is -0.445 e. The first-order valence-electron chi connectivity index (χ1n) is 7.82. The first kappa shape index (κ1) is 17.1. The van der Waals surface area contributed by atoms with Crippen molar-refractivity contribution in [1.82, 2.24) is 15.2 Å². The number of aromatic nitrogens is 1. The fourth-order valence-corrected chi connectivity index (χ4v) is 3.03. The van der Waals surface area contributed by atoms with E-state index in [9.17, 15) is 14.4 Å². The van der Waals surface area contributed by atoms with Crippen LogP contribution in [0.2, 0.25) is 0 Å². The molecule has 1 unspecified atom stereocenters. The van der Waals surface area contributed by atoms with Crippen LogP contribution in [0, 0.1) is 0 Å². The summed E-state index contributed by atoms with van der Waals surface area (Å²) in [4.78, 5) is 41.7. The molecule has 130 valence electrons. The number of nitrogens with zero attached hydrogens (tertiary/aromatic N) is 2. The number of likely N-dealkylation sites (tertiary alicyclic amines) is 1. The summed E-state index contributed by atoms with van der Waals surface area (Å²) in [6.45, 7) is 0.555. The topological polar surface area (TPSA) is 88.6 Å². The summed E-state index contributed by atoms with van der Waals surface area (Å²) in [6.07, 6.45) is 1.21. The number of nitrogens with one attached hydrogen (secondary N) is 1. The summed E-state index contributed by atoms with van der Waals surface area (Å²) in [5.74, 6) is -0.509. The molecule has 7 nitrogen and oxygen atoms in total. The maximum atomic E-state index is 12.2. The van der Waals surface area contributed by atoms with E-state index in [1.54, 1.807) is 5.38 Å². The number of ether oxygens (including phenoxy) is 1. The molecule has 25 heavy (non-hydrogen) atoms. The summed E-state index contributed by atoms with van der Waals surface area (Å²) < 4.78 is 5.28. The van der Waals surface area contributed by atoms with Crippen LogP contribution >= 0.6 is 11.3 Å². The van der Waals surface area contributed by atoms with Crippen molar-refractivity contribution in [2.45, 2.75) is 19.1 Å².